The average molecular weight is 542 g/mol. The number of pyridine rings is 1. The topological polar surface area (TPSA) is 42.4 Å². The van der Waals surface area contributed by atoms with Crippen molar-refractivity contribution in [1.29, 1.82) is 0 Å². The van der Waals surface area contributed by atoms with Gasteiger partial charge < -0.3 is 4.74 Å². The van der Waals surface area contributed by atoms with Crippen molar-refractivity contribution in [3.63, 3.8) is 0 Å². The summed E-state index contributed by atoms with van der Waals surface area (Å²) in [5.74, 6) is -0.587. The number of benzene rings is 3. The summed E-state index contributed by atoms with van der Waals surface area (Å²) in [5.41, 5.74) is 3.05. The third-order valence-electron chi connectivity index (χ3n) is 6.12. The van der Waals surface area contributed by atoms with Crippen LogP contribution in [0.2, 0.25) is 15.2 Å². The van der Waals surface area contributed by atoms with Gasteiger partial charge in [0.25, 0.3) is 5.91 Å². The Balaban J connectivity index is 1.64. The van der Waals surface area contributed by atoms with Crippen LogP contribution in [0.1, 0.15) is 28.8 Å². The van der Waals surface area contributed by atoms with E-state index in [4.69, 9.17) is 39.5 Å². The Morgan fingerprint density at radius 1 is 0.833 bits per heavy atom. The van der Waals surface area contributed by atoms with Gasteiger partial charge in [-0.05, 0) is 65.2 Å². The first-order valence-corrected chi connectivity index (χ1v) is 12.4. The first kappa shape index (κ1) is 24.7. The number of nitrogens with zero attached hydrogens (tertiary/aromatic N) is 2. The number of ether oxygens (including phenoxy) is 1. The Hall–Kier alpha value is -2.96. The maximum absolute atomic E-state index is 14.0. The van der Waals surface area contributed by atoms with E-state index in [9.17, 15) is 9.18 Å². The zero-order chi connectivity index (χ0) is 25.2. The molecule has 1 saturated heterocycles. The monoisotopic (exact) mass is 540 g/mol. The van der Waals surface area contributed by atoms with Crippen LogP contribution in [-0.4, -0.2) is 17.0 Å². The number of aromatic nitrogens is 1. The minimum absolute atomic E-state index is 0.244. The number of carbonyl (C=O) groups is 1. The van der Waals surface area contributed by atoms with Crippen molar-refractivity contribution in [1.82, 2.24) is 4.98 Å². The second-order valence-corrected chi connectivity index (χ2v) is 9.73. The Morgan fingerprint density at radius 3 is 2.06 bits per heavy atom. The van der Waals surface area contributed by atoms with Crippen molar-refractivity contribution in [2.75, 3.05) is 4.90 Å². The molecule has 0 aliphatic carbocycles. The van der Waals surface area contributed by atoms with Crippen LogP contribution in [0.5, 0.6) is 0 Å². The first-order valence-electron chi connectivity index (χ1n) is 11.2. The van der Waals surface area contributed by atoms with Crippen LogP contribution in [-0.2, 0) is 16.0 Å². The van der Waals surface area contributed by atoms with E-state index in [-0.39, 0.29) is 23.3 Å². The van der Waals surface area contributed by atoms with Crippen molar-refractivity contribution in [3.8, 4) is 0 Å². The summed E-state index contributed by atoms with van der Waals surface area (Å²) in [7, 11) is 0. The fraction of sp³-hybridized carbons (Fsp3) is 0.143. The molecule has 4 aromatic rings. The summed E-state index contributed by atoms with van der Waals surface area (Å²) in [6, 6.07) is 23.6. The number of rotatable bonds is 5. The molecule has 1 aliphatic rings. The fourth-order valence-corrected chi connectivity index (χ4v) is 4.85. The lowest BCUT2D eigenvalue weighted by atomic mass is 9.90. The third kappa shape index (κ3) is 5.25. The number of amides is 1. The van der Waals surface area contributed by atoms with E-state index in [0.717, 1.165) is 16.7 Å². The van der Waals surface area contributed by atoms with Gasteiger partial charge >= 0.3 is 0 Å². The predicted molar refractivity (Wildman–Crippen MR) is 140 cm³/mol. The van der Waals surface area contributed by atoms with Gasteiger partial charge in [0.15, 0.2) is 0 Å². The number of morpholine rings is 1. The van der Waals surface area contributed by atoms with Crippen molar-refractivity contribution >= 4 is 46.4 Å². The lowest BCUT2D eigenvalue weighted by Gasteiger charge is -2.45. The molecule has 1 amide bonds. The molecular formula is C28H20Cl3FN2O2. The molecule has 0 radical (unpaired) electrons. The number of halogens is 4. The van der Waals surface area contributed by atoms with Crippen LogP contribution in [0.15, 0.2) is 91.1 Å². The van der Waals surface area contributed by atoms with Crippen molar-refractivity contribution < 1.29 is 13.9 Å². The molecule has 3 aromatic carbocycles. The van der Waals surface area contributed by atoms with E-state index in [1.165, 1.54) is 12.1 Å². The molecule has 0 N–H and O–H groups in total. The molecule has 182 valence electrons. The lowest BCUT2D eigenvalue weighted by Crippen LogP contribution is -2.51. The van der Waals surface area contributed by atoms with Gasteiger partial charge in [-0.15, -0.1) is 0 Å². The summed E-state index contributed by atoms with van der Waals surface area (Å²) >= 11 is 18.6. The van der Waals surface area contributed by atoms with Gasteiger partial charge in [0.2, 0.25) is 0 Å². The molecule has 3 atom stereocenters. The molecule has 8 heteroatoms. The number of hydrogen-bond acceptors (Lipinski definition) is 3. The second kappa shape index (κ2) is 10.6. The molecule has 1 fully saturated rings. The molecule has 1 unspecified atom stereocenters. The molecule has 0 bridgehead atoms. The van der Waals surface area contributed by atoms with Gasteiger partial charge in [-0.25, -0.2) is 9.37 Å². The average Bonchev–Trinajstić information content (AvgIpc) is 2.87. The van der Waals surface area contributed by atoms with Gasteiger partial charge in [0.1, 0.15) is 23.2 Å². The third-order valence-corrected chi connectivity index (χ3v) is 6.83. The molecule has 1 aliphatic heterocycles. The van der Waals surface area contributed by atoms with Crippen LogP contribution in [0, 0.1) is 5.82 Å². The highest BCUT2D eigenvalue weighted by molar-refractivity contribution is 6.31. The Kier molecular flexibility index (Phi) is 7.26. The highest BCUT2D eigenvalue weighted by Crippen LogP contribution is 2.45. The Morgan fingerprint density at radius 2 is 1.44 bits per heavy atom. The molecular weight excluding hydrogens is 522 g/mol. The maximum atomic E-state index is 14.0. The maximum Gasteiger partial charge on any atom is 0.257 e. The summed E-state index contributed by atoms with van der Waals surface area (Å²) in [6.07, 6.45) is 0.461. The smallest absolute Gasteiger partial charge is 0.257 e. The quantitative estimate of drug-likeness (QED) is 0.244. The van der Waals surface area contributed by atoms with Crippen LogP contribution in [0.4, 0.5) is 10.1 Å². The summed E-state index contributed by atoms with van der Waals surface area (Å²) in [6.45, 7) is 0. The zero-order valence-corrected chi connectivity index (χ0v) is 21.1. The summed E-state index contributed by atoms with van der Waals surface area (Å²) in [4.78, 5) is 19.8. The summed E-state index contributed by atoms with van der Waals surface area (Å²) < 4.78 is 20.0. The van der Waals surface area contributed by atoms with Gasteiger partial charge in [-0.2, -0.15) is 0 Å². The molecule has 2 heterocycles. The SMILES string of the molecule is O=C1C(Cc2ccc(F)cc2)O[C@H](c2ccc(Cl)cc2)[C@H](c2ccc(Cl)cc2)N1c1ccnc(Cl)c1. The number of hydrogen-bond donors (Lipinski definition) is 0. The largest absolute Gasteiger partial charge is 0.358 e. The van der Waals surface area contributed by atoms with Crippen molar-refractivity contribution in [2.45, 2.75) is 24.7 Å². The molecule has 4 nitrogen and oxygen atoms in total. The highest BCUT2D eigenvalue weighted by Gasteiger charge is 2.45. The van der Waals surface area contributed by atoms with E-state index >= 15 is 0 Å². The predicted octanol–water partition coefficient (Wildman–Crippen LogP) is 7.64. The van der Waals surface area contributed by atoms with E-state index in [2.05, 4.69) is 4.98 Å². The van der Waals surface area contributed by atoms with Crippen LogP contribution in [0.25, 0.3) is 0 Å². The Labute approximate surface area is 223 Å². The van der Waals surface area contributed by atoms with Gasteiger partial charge in [0, 0.05) is 28.4 Å². The van der Waals surface area contributed by atoms with Crippen molar-refractivity contribution in [3.05, 3.63) is 129 Å². The minimum Gasteiger partial charge on any atom is -0.358 e. The molecule has 1 aromatic heterocycles. The van der Waals surface area contributed by atoms with Gasteiger partial charge in [-0.1, -0.05) is 71.2 Å². The van der Waals surface area contributed by atoms with Gasteiger partial charge in [-0.3, -0.25) is 9.69 Å². The van der Waals surface area contributed by atoms with E-state index < -0.39 is 18.2 Å². The first-order chi connectivity index (χ1) is 17.4. The zero-order valence-electron chi connectivity index (χ0n) is 18.8. The molecule has 36 heavy (non-hydrogen) atoms. The van der Waals surface area contributed by atoms with E-state index in [0.29, 0.717) is 15.7 Å². The highest BCUT2D eigenvalue weighted by atomic mass is 35.5. The Bertz CT molecular complexity index is 1370. The second-order valence-electron chi connectivity index (χ2n) is 8.47. The molecule has 5 rings (SSSR count). The van der Waals surface area contributed by atoms with Crippen LogP contribution >= 0.6 is 34.8 Å². The van der Waals surface area contributed by atoms with Gasteiger partial charge in [0.05, 0.1) is 6.04 Å². The minimum atomic E-state index is -0.827. The van der Waals surface area contributed by atoms with Crippen molar-refractivity contribution in [2.24, 2.45) is 0 Å². The van der Waals surface area contributed by atoms with E-state index in [1.54, 1.807) is 59.6 Å². The molecule has 0 spiro atoms. The standard InChI is InChI=1S/C28H20Cl3FN2O2/c29-20-7-3-18(4-8-20)26-27(19-5-9-21(30)10-6-19)36-24(15-17-1-11-22(32)12-2-17)28(35)34(26)23-13-14-33-25(31)16-23/h1-14,16,24,26-27H,15H2/t24?,26-,27+/m0/s1. The van der Waals surface area contributed by atoms with Crippen LogP contribution in [0.3, 0.4) is 0 Å². The fourth-order valence-electron chi connectivity index (χ4n) is 4.43. The summed E-state index contributed by atoms with van der Waals surface area (Å²) in [5, 5.41) is 1.44. The lowest BCUT2D eigenvalue weighted by molar-refractivity contribution is -0.144. The molecule has 0 saturated carbocycles. The van der Waals surface area contributed by atoms with E-state index in [1.807, 2.05) is 24.3 Å². The normalized spacial score (nSPS) is 19.9. The number of anilines is 1. The number of carbonyl (C=O) groups excluding carboxylic acids is 1. The van der Waals surface area contributed by atoms with Crippen LogP contribution < -0.4 is 4.90 Å².